The predicted octanol–water partition coefficient (Wildman–Crippen LogP) is 2.46. The molecule has 3 heteroatoms. The monoisotopic (exact) mass is 262 g/mol. The maximum absolute atomic E-state index is 5.66. The topological polar surface area (TPSA) is 9.23 Å². The van der Waals surface area contributed by atoms with Gasteiger partial charge in [0.15, 0.2) is 0 Å². The Morgan fingerprint density at radius 2 is 2.22 bits per heavy atom. The van der Waals surface area contributed by atoms with E-state index in [-0.39, 0.29) is 5.60 Å². The second-order valence-corrected chi connectivity index (χ2v) is 3.18. The van der Waals surface area contributed by atoms with Gasteiger partial charge in [-0.1, -0.05) is 22.6 Å². The van der Waals surface area contributed by atoms with Crippen LogP contribution in [0.2, 0.25) is 0 Å². The summed E-state index contributed by atoms with van der Waals surface area (Å²) in [6.45, 7) is 4.75. The van der Waals surface area contributed by atoms with E-state index in [1.165, 1.54) is 0 Å². The molecule has 0 N–H and O–H groups in total. The number of rotatable bonds is 4. The Bertz CT molecular complexity index is 73.5. The van der Waals surface area contributed by atoms with Gasteiger partial charge in [0, 0.05) is 11.0 Å². The number of halogens is 2. The average molecular weight is 263 g/mol. The number of hydrogen-bond acceptors (Lipinski definition) is 1. The van der Waals surface area contributed by atoms with Crippen LogP contribution in [0.3, 0.4) is 0 Å². The van der Waals surface area contributed by atoms with E-state index in [0.29, 0.717) is 5.88 Å². The number of alkyl halides is 2. The van der Waals surface area contributed by atoms with Crippen LogP contribution < -0.4 is 0 Å². The molecule has 0 aromatic heterocycles. The van der Waals surface area contributed by atoms with Crippen molar-refractivity contribution in [2.24, 2.45) is 0 Å². The molecule has 1 unspecified atom stereocenters. The Hall–Kier alpha value is 0.980. The fraction of sp³-hybridized carbons (Fsp3) is 1.00. The summed E-state index contributed by atoms with van der Waals surface area (Å²) >= 11 is 7.94. The van der Waals surface area contributed by atoms with Crippen LogP contribution in [0.5, 0.6) is 0 Å². The highest BCUT2D eigenvalue weighted by molar-refractivity contribution is 14.1. The fourth-order valence-electron chi connectivity index (χ4n) is 0.461. The fourth-order valence-corrected chi connectivity index (χ4v) is 1.44. The van der Waals surface area contributed by atoms with E-state index in [1.807, 2.05) is 13.8 Å². The first kappa shape index (κ1) is 9.98. The molecule has 9 heavy (non-hydrogen) atoms. The Morgan fingerprint density at radius 1 is 1.67 bits per heavy atom. The lowest BCUT2D eigenvalue weighted by atomic mass is 10.2. The van der Waals surface area contributed by atoms with Gasteiger partial charge in [-0.25, -0.2) is 0 Å². The van der Waals surface area contributed by atoms with Gasteiger partial charge in [-0.05, 0) is 13.8 Å². The molecule has 0 rings (SSSR count). The van der Waals surface area contributed by atoms with Crippen molar-refractivity contribution < 1.29 is 4.74 Å². The minimum Gasteiger partial charge on any atom is -0.374 e. The number of ether oxygens (including phenoxy) is 1. The van der Waals surface area contributed by atoms with E-state index in [0.717, 1.165) is 11.0 Å². The normalized spacial score (nSPS) is 17.3. The summed E-state index contributed by atoms with van der Waals surface area (Å²) in [7, 11) is 0. The van der Waals surface area contributed by atoms with Crippen molar-refractivity contribution in [2.75, 3.05) is 16.9 Å². The molecular formula is C6H12ClIO. The van der Waals surface area contributed by atoms with E-state index in [9.17, 15) is 0 Å². The van der Waals surface area contributed by atoms with Crippen molar-refractivity contribution in [1.82, 2.24) is 0 Å². The van der Waals surface area contributed by atoms with E-state index < -0.39 is 0 Å². The molecule has 0 aromatic rings. The van der Waals surface area contributed by atoms with Crippen molar-refractivity contribution in [3.8, 4) is 0 Å². The van der Waals surface area contributed by atoms with Crippen molar-refractivity contribution >= 4 is 34.2 Å². The second-order valence-electron chi connectivity index (χ2n) is 2.15. The maximum atomic E-state index is 5.66. The van der Waals surface area contributed by atoms with E-state index in [1.54, 1.807) is 0 Å². The van der Waals surface area contributed by atoms with E-state index >= 15 is 0 Å². The van der Waals surface area contributed by atoms with Gasteiger partial charge in [-0.15, -0.1) is 11.6 Å². The summed E-state index contributed by atoms with van der Waals surface area (Å²) in [6.07, 6.45) is 0. The van der Waals surface area contributed by atoms with Gasteiger partial charge in [0.25, 0.3) is 0 Å². The first-order chi connectivity index (χ1) is 4.18. The molecule has 0 amide bonds. The highest BCUT2D eigenvalue weighted by atomic mass is 127. The van der Waals surface area contributed by atoms with Gasteiger partial charge in [0.05, 0.1) is 11.5 Å². The van der Waals surface area contributed by atoms with Crippen LogP contribution in [-0.2, 0) is 4.74 Å². The molecule has 1 atom stereocenters. The molecule has 0 spiro atoms. The Kier molecular flexibility index (Phi) is 5.26. The minimum atomic E-state index is -0.114. The first-order valence-electron chi connectivity index (χ1n) is 2.94. The summed E-state index contributed by atoms with van der Waals surface area (Å²) in [6, 6.07) is 0. The quantitative estimate of drug-likeness (QED) is 0.559. The zero-order valence-corrected chi connectivity index (χ0v) is 8.70. The highest BCUT2D eigenvalue weighted by Gasteiger charge is 2.20. The molecule has 56 valence electrons. The van der Waals surface area contributed by atoms with Crippen molar-refractivity contribution in [2.45, 2.75) is 19.4 Å². The highest BCUT2D eigenvalue weighted by Crippen LogP contribution is 2.15. The standard InChI is InChI=1S/C6H12ClIO/c1-3-9-6(2,4-7)5-8/h3-5H2,1-2H3. The molecular weight excluding hydrogens is 250 g/mol. The lowest BCUT2D eigenvalue weighted by Crippen LogP contribution is -2.32. The molecule has 0 aromatic carbocycles. The molecule has 0 aliphatic carbocycles. The zero-order chi connectivity index (χ0) is 7.33. The lowest BCUT2D eigenvalue weighted by Gasteiger charge is -2.23. The van der Waals surface area contributed by atoms with Crippen LogP contribution in [-0.4, -0.2) is 22.5 Å². The lowest BCUT2D eigenvalue weighted by molar-refractivity contribution is 0.0143. The maximum Gasteiger partial charge on any atom is 0.0877 e. The first-order valence-corrected chi connectivity index (χ1v) is 5.00. The third-order valence-corrected chi connectivity index (χ3v) is 3.24. The predicted molar refractivity (Wildman–Crippen MR) is 49.6 cm³/mol. The Labute approximate surface area is 75.2 Å². The molecule has 1 nitrogen and oxygen atoms in total. The molecule has 0 saturated carbocycles. The molecule has 0 bridgehead atoms. The van der Waals surface area contributed by atoms with Crippen LogP contribution >= 0.6 is 34.2 Å². The zero-order valence-electron chi connectivity index (χ0n) is 5.79. The minimum absolute atomic E-state index is 0.114. The third kappa shape index (κ3) is 3.63. The van der Waals surface area contributed by atoms with Crippen LogP contribution in [0.25, 0.3) is 0 Å². The largest absolute Gasteiger partial charge is 0.374 e. The SMILES string of the molecule is CCOC(C)(CCl)CI. The van der Waals surface area contributed by atoms with Gasteiger partial charge in [0.2, 0.25) is 0 Å². The molecule has 0 saturated heterocycles. The van der Waals surface area contributed by atoms with Crippen LogP contribution in [0.4, 0.5) is 0 Å². The summed E-state index contributed by atoms with van der Waals surface area (Å²) in [4.78, 5) is 0. The van der Waals surface area contributed by atoms with Gasteiger partial charge in [-0.3, -0.25) is 0 Å². The van der Waals surface area contributed by atoms with Crippen LogP contribution in [0.15, 0.2) is 0 Å². The second kappa shape index (κ2) is 4.74. The summed E-state index contributed by atoms with van der Waals surface area (Å²) in [5.74, 6) is 0.573. The van der Waals surface area contributed by atoms with Crippen molar-refractivity contribution in [1.29, 1.82) is 0 Å². The summed E-state index contributed by atoms with van der Waals surface area (Å²) in [5, 5.41) is 0. The van der Waals surface area contributed by atoms with Gasteiger partial charge in [-0.2, -0.15) is 0 Å². The third-order valence-electron chi connectivity index (χ3n) is 1.06. The summed E-state index contributed by atoms with van der Waals surface area (Å²) in [5.41, 5.74) is -0.114. The van der Waals surface area contributed by atoms with E-state index in [2.05, 4.69) is 22.6 Å². The molecule has 0 fully saturated rings. The molecule has 0 aliphatic rings. The Morgan fingerprint density at radius 3 is 2.33 bits per heavy atom. The van der Waals surface area contributed by atoms with Crippen LogP contribution in [0, 0.1) is 0 Å². The van der Waals surface area contributed by atoms with Crippen molar-refractivity contribution in [3.05, 3.63) is 0 Å². The van der Waals surface area contributed by atoms with Gasteiger partial charge in [0.1, 0.15) is 0 Å². The summed E-state index contributed by atoms with van der Waals surface area (Å²) < 4.78 is 6.33. The smallest absolute Gasteiger partial charge is 0.0877 e. The van der Waals surface area contributed by atoms with Crippen LogP contribution in [0.1, 0.15) is 13.8 Å². The van der Waals surface area contributed by atoms with Crippen molar-refractivity contribution in [3.63, 3.8) is 0 Å². The average Bonchev–Trinajstić information content (AvgIpc) is 1.89. The van der Waals surface area contributed by atoms with E-state index in [4.69, 9.17) is 16.3 Å². The Balaban J connectivity index is 3.62. The molecule has 0 radical (unpaired) electrons. The van der Waals surface area contributed by atoms with Gasteiger partial charge < -0.3 is 4.74 Å². The molecule has 0 heterocycles. The number of hydrogen-bond donors (Lipinski definition) is 0. The van der Waals surface area contributed by atoms with Gasteiger partial charge >= 0.3 is 0 Å². The molecule has 0 aliphatic heterocycles.